The highest BCUT2D eigenvalue weighted by atomic mass is 32.2. The van der Waals surface area contributed by atoms with Crippen molar-refractivity contribution in [1.29, 1.82) is 0 Å². The van der Waals surface area contributed by atoms with Gasteiger partial charge in [-0.15, -0.1) is 0 Å². The molecule has 144 valence electrons. The van der Waals surface area contributed by atoms with Crippen molar-refractivity contribution in [2.24, 2.45) is 0 Å². The van der Waals surface area contributed by atoms with Gasteiger partial charge in [-0.3, -0.25) is 4.79 Å². The topological polar surface area (TPSA) is 97.0 Å². The second kappa shape index (κ2) is 8.34. The highest BCUT2D eigenvalue weighted by Gasteiger charge is 2.29. The van der Waals surface area contributed by atoms with E-state index in [1.165, 1.54) is 17.5 Å². The van der Waals surface area contributed by atoms with Gasteiger partial charge in [-0.25, -0.2) is 8.42 Å². The highest BCUT2D eigenvalue weighted by Crippen LogP contribution is 2.31. The van der Waals surface area contributed by atoms with Crippen molar-refractivity contribution < 1.29 is 22.7 Å². The van der Waals surface area contributed by atoms with E-state index in [4.69, 9.17) is 9.47 Å². The van der Waals surface area contributed by atoms with Crippen LogP contribution in [0.5, 0.6) is 5.75 Å². The molecule has 1 amide bonds. The first-order valence-corrected chi connectivity index (χ1v) is 10.3. The van der Waals surface area contributed by atoms with Crippen LogP contribution in [-0.2, 0) is 19.6 Å². The summed E-state index contributed by atoms with van der Waals surface area (Å²) in [5, 5.41) is 5.83. The summed E-state index contributed by atoms with van der Waals surface area (Å²) in [5.74, 6) is 0.0175. The molecular formula is C17H25N3O5S. The van der Waals surface area contributed by atoms with Gasteiger partial charge in [-0.05, 0) is 31.0 Å². The molecule has 0 aromatic heterocycles. The fourth-order valence-electron chi connectivity index (χ4n) is 3.16. The van der Waals surface area contributed by atoms with Crippen LogP contribution in [0.4, 0.5) is 5.69 Å². The zero-order valence-electron chi connectivity index (χ0n) is 14.9. The van der Waals surface area contributed by atoms with Crippen molar-refractivity contribution in [3.8, 4) is 5.75 Å². The van der Waals surface area contributed by atoms with E-state index in [0.29, 0.717) is 38.5 Å². The average molecular weight is 383 g/mol. The number of nitrogens with one attached hydrogen (secondary N) is 2. The molecule has 1 aromatic carbocycles. The third-order valence-electron chi connectivity index (χ3n) is 4.60. The molecule has 2 N–H and O–H groups in total. The first kappa shape index (κ1) is 19.1. The molecule has 0 radical (unpaired) electrons. The summed E-state index contributed by atoms with van der Waals surface area (Å²) >= 11 is 0. The maximum Gasteiger partial charge on any atom is 0.246 e. The van der Waals surface area contributed by atoms with E-state index < -0.39 is 16.1 Å². The number of hydrogen-bond donors (Lipinski definition) is 2. The normalized spacial score (nSPS) is 22.0. The molecule has 1 atom stereocenters. The smallest absolute Gasteiger partial charge is 0.246 e. The zero-order valence-corrected chi connectivity index (χ0v) is 15.7. The molecule has 9 heteroatoms. The lowest BCUT2D eigenvalue weighted by atomic mass is 10.2. The number of sulfonamides is 1. The predicted octanol–water partition coefficient (Wildman–Crippen LogP) is 0.797. The third kappa shape index (κ3) is 4.17. The van der Waals surface area contributed by atoms with Crippen molar-refractivity contribution in [2.45, 2.75) is 30.2 Å². The highest BCUT2D eigenvalue weighted by molar-refractivity contribution is 7.89. The number of hydrogen-bond acceptors (Lipinski definition) is 6. The van der Waals surface area contributed by atoms with Crippen molar-refractivity contribution >= 4 is 21.6 Å². The van der Waals surface area contributed by atoms with Gasteiger partial charge >= 0.3 is 0 Å². The second-order valence-electron chi connectivity index (χ2n) is 6.40. The summed E-state index contributed by atoms with van der Waals surface area (Å²) in [5.41, 5.74) is 0.416. The monoisotopic (exact) mass is 383 g/mol. The van der Waals surface area contributed by atoms with E-state index in [-0.39, 0.29) is 16.6 Å². The van der Waals surface area contributed by atoms with E-state index in [1.54, 1.807) is 12.1 Å². The van der Waals surface area contributed by atoms with Crippen LogP contribution in [0.1, 0.15) is 19.3 Å². The minimum absolute atomic E-state index is 0.0764. The van der Waals surface area contributed by atoms with Crippen LogP contribution in [-0.4, -0.2) is 64.6 Å². The van der Waals surface area contributed by atoms with Crippen LogP contribution in [0.3, 0.4) is 0 Å². The van der Waals surface area contributed by atoms with Gasteiger partial charge in [0.05, 0.1) is 20.3 Å². The number of benzene rings is 1. The lowest BCUT2D eigenvalue weighted by molar-refractivity contribution is -0.120. The maximum atomic E-state index is 13.0. The fraction of sp³-hybridized carbons (Fsp3) is 0.588. The molecule has 2 heterocycles. The van der Waals surface area contributed by atoms with Gasteiger partial charge in [0.2, 0.25) is 15.9 Å². The SMILES string of the molecule is COc1ccc(NC(=O)C2COCCN2)cc1S(=O)(=O)N1CCCCC1. The Bertz CT molecular complexity index is 741. The van der Waals surface area contributed by atoms with Gasteiger partial charge in [0, 0.05) is 25.3 Å². The molecular weight excluding hydrogens is 358 g/mol. The Morgan fingerprint density at radius 3 is 2.73 bits per heavy atom. The third-order valence-corrected chi connectivity index (χ3v) is 6.52. The summed E-state index contributed by atoms with van der Waals surface area (Å²) in [6, 6.07) is 4.21. The number of carbonyl (C=O) groups excluding carboxylic acids is 1. The Morgan fingerprint density at radius 2 is 2.08 bits per heavy atom. The van der Waals surface area contributed by atoms with Gasteiger partial charge in [-0.2, -0.15) is 4.31 Å². The first-order chi connectivity index (χ1) is 12.5. The Hall–Kier alpha value is -1.68. The number of piperidine rings is 1. The van der Waals surface area contributed by atoms with Crippen LogP contribution in [0.25, 0.3) is 0 Å². The number of rotatable bonds is 5. The van der Waals surface area contributed by atoms with Gasteiger partial charge < -0.3 is 20.1 Å². The van der Waals surface area contributed by atoms with E-state index in [0.717, 1.165) is 19.3 Å². The van der Waals surface area contributed by atoms with Crippen LogP contribution < -0.4 is 15.4 Å². The lowest BCUT2D eigenvalue weighted by Crippen LogP contribution is -2.48. The molecule has 2 aliphatic rings. The van der Waals surface area contributed by atoms with E-state index in [2.05, 4.69) is 10.6 Å². The van der Waals surface area contributed by atoms with Crippen molar-refractivity contribution in [3.05, 3.63) is 18.2 Å². The molecule has 1 unspecified atom stereocenters. The summed E-state index contributed by atoms with van der Waals surface area (Å²) in [6.07, 6.45) is 2.74. The van der Waals surface area contributed by atoms with Crippen LogP contribution in [0.2, 0.25) is 0 Å². The van der Waals surface area contributed by atoms with Crippen molar-refractivity contribution in [3.63, 3.8) is 0 Å². The Balaban J connectivity index is 1.83. The van der Waals surface area contributed by atoms with Crippen molar-refractivity contribution in [2.75, 3.05) is 45.3 Å². The second-order valence-corrected chi connectivity index (χ2v) is 8.31. The van der Waals surface area contributed by atoms with E-state index in [9.17, 15) is 13.2 Å². The average Bonchev–Trinajstić information content (AvgIpc) is 2.69. The zero-order chi connectivity index (χ0) is 18.6. The van der Waals surface area contributed by atoms with Crippen LogP contribution in [0, 0.1) is 0 Å². The summed E-state index contributed by atoms with van der Waals surface area (Å²) in [6.45, 7) is 2.48. The van der Waals surface area contributed by atoms with Gasteiger partial charge in [0.15, 0.2) is 0 Å². The molecule has 0 bridgehead atoms. The number of carbonyl (C=O) groups is 1. The Kier molecular flexibility index (Phi) is 6.13. The minimum Gasteiger partial charge on any atom is -0.495 e. The summed E-state index contributed by atoms with van der Waals surface area (Å²) in [4.78, 5) is 12.4. The van der Waals surface area contributed by atoms with E-state index >= 15 is 0 Å². The molecule has 1 aromatic rings. The predicted molar refractivity (Wildman–Crippen MR) is 96.8 cm³/mol. The number of methoxy groups -OCH3 is 1. The molecule has 0 saturated carbocycles. The van der Waals surface area contributed by atoms with Crippen molar-refractivity contribution in [1.82, 2.24) is 9.62 Å². The molecule has 0 aliphatic carbocycles. The number of nitrogens with zero attached hydrogens (tertiary/aromatic N) is 1. The number of amides is 1. The molecule has 2 aliphatic heterocycles. The molecule has 2 saturated heterocycles. The summed E-state index contributed by atoms with van der Waals surface area (Å²) < 4.78 is 38.0. The van der Waals surface area contributed by atoms with Gasteiger partial charge in [-0.1, -0.05) is 6.42 Å². The lowest BCUT2D eigenvalue weighted by Gasteiger charge is -2.27. The standard InChI is InChI=1S/C17H25N3O5S/c1-24-15-6-5-13(19-17(21)14-12-25-10-7-18-14)11-16(15)26(22,23)20-8-3-2-4-9-20/h5-6,11,14,18H,2-4,7-10,12H2,1H3,(H,19,21). The maximum absolute atomic E-state index is 13.0. The Morgan fingerprint density at radius 1 is 1.31 bits per heavy atom. The van der Waals surface area contributed by atoms with Crippen LogP contribution in [0.15, 0.2) is 23.1 Å². The van der Waals surface area contributed by atoms with Crippen LogP contribution >= 0.6 is 0 Å². The first-order valence-electron chi connectivity index (χ1n) is 8.82. The molecule has 3 rings (SSSR count). The number of morpholine rings is 1. The van der Waals surface area contributed by atoms with Gasteiger partial charge in [0.1, 0.15) is 16.7 Å². The molecule has 26 heavy (non-hydrogen) atoms. The minimum atomic E-state index is -3.67. The molecule has 8 nitrogen and oxygen atoms in total. The molecule has 2 fully saturated rings. The van der Waals surface area contributed by atoms with Gasteiger partial charge in [0.25, 0.3) is 0 Å². The molecule has 0 spiro atoms. The Labute approximate surface area is 153 Å². The largest absolute Gasteiger partial charge is 0.495 e. The number of anilines is 1. The fourth-order valence-corrected chi connectivity index (χ4v) is 4.86. The van der Waals surface area contributed by atoms with E-state index in [1.807, 2.05) is 0 Å². The number of ether oxygens (including phenoxy) is 2. The summed E-state index contributed by atoms with van der Waals surface area (Å²) in [7, 11) is -2.23. The quantitative estimate of drug-likeness (QED) is 0.781.